The van der Waals surface area contributed by atoms with Crippen molar-refractivity contribution < 1.29 is 9.90 Å². The number of aliphatic carboxylic acids is 1. The van der Waals surface area contributed by atoms with Crippen LogP contribution in [0.25, 0.3) is 0 Å². The standard InChI is InChI=1S/C12H17N3O2S/c1-8(5-6-13)15(4)11-14-9(7-18-11)12(2,3)10(16)17/h7-8H,5H2,1-4H3,(H,16,17). The lowest BCUT2D eigenvalue weighted by molar-refractivity contribution is -0.142. The Hall–Kier alpha value is -1.61. The quantitative estimate of drug-likeness (QED) is 0.885. The van der Waals surface area contributed by atoms with E-state index in [1.165, 1.54) is 11.3 Å². The largest absolute Gasteiger partial charge is 0.481 e. The minimum atomic E-state index is -0.992. The lowest BCUT2D eigenvalue weighted by Gasteiger charge is -2.22. The molecule has 0 aromatic carbocycles. The van der Waals surface area contributed by atoms with Gasteiger partial charge in [0.2, 0.25) is 0 Å². The van der Waals surface area contributed by atoms with E-state index in [1.54, 1.807) is 19.2 Å². The highest BCUT2D eigenvalue weighted by Crippen LogP contribution is 2.29. The van der Waals surface area contributed by atoms with Crippen LogP contribution in [-0.2, 0) is 10.2 Å². The number of nitriles is 1. The highest BCUT2D eigenvalue weighted by Gasteiger charge is 2.32. The van der Waals surface area contributed by atoms with Crippen LogP contribution in [0.15, 0.2) is 5.38 Å². The molecule has 0 radical (unpaired) electrons. The van der Waals surface area contributed by atoms with Crippen molar-refractivity contribution in [1.29, 1.82) is 5.26 Å². The summed E-state index contributed by atoms with van der Waals surface area (Å²) in [6.07, 6.45) is 0.410. The molecule has 0 spiro atoms. The molecule has 0 aliphatic rings. The van der Waals surface area contributed by atoms with Crippen LogP contribution in [0.3, 0.4) is 0 Å². The van der Waals surface area contributed by atoms with E-state index in [4.69, 9.17) is 10.4 Å². The Bertz CT molecular complexity index is 476. The minimum absolute atomic E-state index is 0.0574. The molecule has 98 valence electrons. The fourth-order valence-electron chi connectivity index (χ4n) is 1.28. The molecule has 0 aliphatic carbocycles. The Morgan fingerprint density at radius 3 is 2.83 bits per heavy atom. The molecule has 1 N–H and O–H groups in total. The fourth-order valence-corrected chi connectivity index (χ4v) is 2.34. The average molecular weight is 267 g/mol. The van der Waals surface area contributed by atoms with Gasteiger partial charge in [0.1, 0.15) is 5.41 Å². The van der Waals surface area contributed by atoms with Gasteiger partial charge in [-0.05, 0) is 20.8 Å². The lowest BCUT2D eigenvalue weighted by Crippen LogP contribution is -2.30. The molecule has 0 bridgehead atoms. The first-order valence-corrected chi connectivity index (χ1v) is 6.47. The van der Waals surface area contributed by atoms with E-state index in [9.17, 15) is 4.79 Å². The van der Waals surface area contributed by atoms with E-state index in [2.05, 4.69) is 11.1 Å². The zero-order valence-electron chi connectivity index (χ0n) is 11.0. The van der Waals surface area contributed by atoms with Crippen LogP contribution < -0.4 is 4.90 Å². The summed E-state index contributed by atoms with van der Waals surface area (Å²) in [4.78, 5) is 17.4. The van der Waals surface area contributed by atoms with Gasteiger partial charge in [-0.2, -0.15) is 5.26 Å². The topological polar surface area (TPSA) is 77.2 Å². The van der Waals surface area contributed by atoms with E-state index in [1.807, 2.05) is 18.9 Å². The molecule has 0 saturated heterocycles. The van der Waals surface area contributed by atoms with Gasteiger partial charge >= 0.3 is 5.97 Å². The van der Waals surface area contributed by atoms with E-state index in [-0.39, 0.29) is 6.04 Å². The van der Waals surface area contributed by atoms with Crippen molar-refractivity contribution in [3.05, 3.63) is 11.1 Å². The molecule has 0 saturated carbocycles. The van der Waals surface area contributed by atoms with Gasteiger partial charge in [0.25, 0.3) is 0 Å². The number of hydrogen-bond donors (Lipinski definition) is 1. The molecule has 1 atom stereocenters. The Kier molecular flexibility index (Phi) is 4.30. The second-order valence-electron chi connectivity index (χ2n) is 4.77. The highest BCUT2D eigenvalue weighted by molar-refractivity contribution is 7.13. The number of anilines is 1. The van der Waals surface area contributed by atoms with Crippen LogP contribution in [0, 0.1) is 11.3 Å². The summed E-state index contributed by atoms with van der Waals surface area (Å²) >= 11 is 1.40. The third-order valence-corrected chi connectivity index (χ3v) is 3.95. The molecule has 1 heterocycles. The molecule has 18 heavy (non-hydrogen) atoms. The summed E-state index contributed by atoms with van der Waals surface area (Å²) in [5, 5.41) is 20.3. The van der Waals surface area contributed by atoms with Gasteiger partial charge in [0, 0.05) is 18.5 Å². The smallest absolute Gasteiger partial charge is 0.315 e. The summed E-state index contributed by atoms with van der Waals surface area (Å²) in [5.41, 5.74) is -0.445. The zero-order valence-corrected chi connectivity index (χ0v) is 11.8. The van der Waals surface area contributed by atoms with Crippen molar-refractivity contribution in [3.63, 3.8) is 0 Å². The van der Waals surface area contributed by atoms with Crippen LogP contribution in [-0.4, -0.2) is 29.1 Å². The molecular formula is C12H17N3O2S. The van der Waals surface area contributed by atoms with Gasteiger partial charge in [-0.3, -0.25) is 4.79 Å². The SMILES string of the molecule is CC(CC#N)N(C)c1nc(C(C)(C)C(=O)O)cs1. The number of carbonyl (C=O) groups is 1. The van der Waals surface area contributed by atoms with E-state index >= 15 is 0 Å². The third kappa shape index (κ3) is 2.79. The average Bonchev–Trinajstić information content (AvgIpc) is 2.77. The molecule has 1 unspecified atom stereocenters. The monoisotopic (exact) mass is 267 g/mol. The number of carboxylic acids is 1. The predicted molar refractivity (Wildman–Crippen MR) is 70.9 cm³/mol. The first-order chi connectivity index (χ1) is 8.30. The number of aromatic nitrogens is 1. The van der Waals surface area contributed by atoms with Crippen LogP contribution in [0.4, 0.5) is 5.13 Å². The van der Waals surface area contributed by atoms with Crippen molar-refractivity contribution in [2.45, 2.75) is 38.6 Å². The molecular weight excluding hydrogens is 250 g/mol. The Labute approximate surface area is 111 Å². The Balaban J connectivity index is 2.94. The highest BCUT2D eigenvalue weighted by atomic mass is 32.1. The molecule has 1 rings (SSSR count). The maximum absolute atomic E-state index is 11.1. The Morgan fingerprint density at radius 2 is 2.33 bits per heavy atom. The number of nitrogens with zero attached hydrogens (tertiary/aromatic N) is 3. The summed E-state index contributed by atoms with van der Waals surface area (Å²) in [6, 6.07) is 2.17. The summed E-state index contributed by atoms with van der Waals surface area (Å²) in [6.45, 7) is 5.20. The zero-order chi connectivity index (χ0) is 13.9. The maximum atomic E-state index is 11.1. The predicted octanol–water partition coefficient (Wildman–Crippen LogP) is 2.24. The lowest BCUT2D eigenvalue weighted by atomic mass is 9.90. The molecule has 5 nitrogen and oxygen atoms in total. The minimum Gasteiger partial charge on any atom is -0.481 e. The third-order valence-electron chi connectivity index (χ3n) is 3.02. The number of carboxylic acid groups (broad SMARTS) is 1. The second kappa shape index (κ2) is 5.36. The molecule has 0 fully saturated rings. The molecule has 1 aromatic heterocycles. The van der Waals surface area contributed by atoms with Gasteiger partial charge in [-0.1, -0.05) is 0 Å². The molecule has 6 heteroatoms. The van der Waals surface area contributed by atoms with Gasteiger partial charge in [0.15, 0.2) is 5.13 Å². The van der Waals surface area contributed by atoms with Crippen molar-refractivity contribution in [1.82, 2.24) is 4.98 Å². The summed E-state index contributed by atoms with van der Waals surface area (Å²) in [7, 11) is 1.86. The van der Waals surface area contributed by atoms with Crippen LogP contribution in [0.2, 0.25) is 0 Å². The molecule has 0 aliphatic heterocycles. The maximum Gasteiger partial charge on any atom is 0.315 e. The number of rotatable bonds is 5. The first-order valence-electron chi connectivity index (χ1n) is 5.60. The van der Waals surface area contributed by atoms with Crippen molar-refractivity contribution >= 4 is 22.4 Å². The Morgan fingerprint density at radius 1 is 1.72 bits per heavy atom. The van der Waals surface area contributed by atoms with Gasteiger partial charge in [-0.25, -0.2) is 4.98 Å². The summed E-state index contributed by atoms with van der Waals surface area (Å²) in [5.74, 6) is -0.896. The van der Waals surface area contributed by atoms with Crippen molar-refractivity contribution in [2.75, 3.05) is 11.9 Å². The van der Waals surface area contributed by atoms with Gasteiger partial charge in [0.05, 0.1) is 18.2 Å². The normalized spacial score (nSPS) is 12.8. The van der Waals surface area contributed by atoms with E-state index < -0.39 is 11.4 Å². The molecule has 1 aromatic rings. The second-order valence-corrected chi connectivity index (χ2v) is 5.60. The van der Waals surface area contributed by atoms with Crippen LogP contribution in [0.1, 0.15) is 32.9 Å². The van der Waals surface area contributed by atoms with E-state index in [0.29, 0.717) is 12.1 Å². The van der Waals surface area contributed by atoms with Gasteiger partial charge in [-0.15, -0.1) is 11.3 Å². The first kappa shape index (κ1) is 14.5. The molecule has 0 amide bonds. The number of thiazole rings is 1. The van der Waals surface area contributed by atoms with E-state index in [0.717, 1.165) is 5.13 Å². The number of hydrogen-bond acceptors (Lipinski definition) is 5. The van der Waals surface area contributed by atoms with Crippen molar-refractivity contribution in [3.8, 4) is 6.07 Å². The summed E-state index contributed by atoms with van der Waals surface area (Å²) < 4.78 is 0. The van der Waals surface area contributed by atoms with Crippen LogP contribution >= 0.6 is 11.3 Å². The van der Waals surface area contributed by atoms with Crippen molar-refractivity contribution in [2.24, 2.45) is 0 Å². The van der Waals surface area contributed by atoms with Gasteiger partial charge < -0.3 is 10.0 Å². The fraction of sp³-hybridized carbons (Fsp3) is 0.583. The van der Waals surface area contributed by atoms with Crippen LogP contribution in [0.5, 0.6) is 0 Å².